The Balaban J connectivity index is 2.95. The quantitative estimate of drug-likeness (QED) is 0.714. The molecule has 0 bridgehead atoms. The lowest BCUT2D eigenvalue weighted by Crippen LogP contribution is -2.44. The zero-order chi connectivity index (χ0) is 17.8. The molecule has 128 valence electrons. The van der Waals surface area contributed by atoms with Gasteiger partial charge < -0.3 is 25.0 Å². The fraction of sp³-hybridized carbons (Fsp3) is 0.467. The number of methoxy groups -OCH3 is 1. The predicted molar refractivity (Wildman–Crippen MR) is 86.9 cm³/mol. The van der Waals surface area contributed by atoms with Crippen LogP contribution in [0.5, 0.6) is 11.5 Å². The number of ether oxygens (including phenoxy) is 2. The van der Waals surface area contributed by atoms with E-state index in [9.17, 15) is 19.8 Å². The van der Waals surface area contributed by atoms with Crippen molar-refractivity contribution in [3.63, 3.8) is 0 Å². The molecule has 8 heteroatoms. The third-order valence-corrected chi connectivity index (χ3v) is 3.21. The normalized spacial score (nSPS) is 12.4. The van der Waals surface area contributed by atoms with Crippen molar-refractivity contribution in [1.82, 2.24) is 5.32 Å². The molecule has 0 aliphatic carbocycles. The first-order valence-electron chi connectivity index (χ1n) is 6.81. The molecular weight excluding hydrogens is 370 g/mol. The summed E-state index contributed by atoms with van der Waals surface area (Å²) in [4.78, 5) is 23.1. The zero-order valence-electron chi connectivity index (χ0n) is 13.3. The highest BCUT2D eigenvalue weighted by atomic mass is 79.9. The van der Waals surface area contributed by atoms with Crippen LogP contribution in [0.25, 0.3) is 0 Å². The van der Waals surface area contributed by atoms with Crippen LogP contribution < -0.4 is 10.1 Å². The Bertz CT molecular complexity index is 596. The second-order valence-corrected chi connectivity index (χ2v) is 6.77. The van der Waals surface area contributed by atoms with Crippen molar-refractivity contribution in [3.05, 3.63) is 22.2 Å². The van der Waals surface area contributed by atoms with Crippen LogP contribution in [0.3, 0.4) is 0 Å². The summed E-state index contributed by atoms with van der Waals surface area (Å²) in [5.41, 5.74) is -0.423. The molecular formula is C15H20BrNO6. The van der Waals surface area contributed by atoms with Crippen LogP contribution in [0.1, 0.15) is 26.3 Å². The maximum Gasteiger partial charge on any atom is 0.408 e. The van der Waals surface area contributed by atoms with Crippen LogP contribution in [-0.4, -0.2) is 41.0 Å². The van der Waals surface area contributed by atoms with Gasteiger partial charge in [-0.25, -0.2) is 9.59 Å². The average Bonchev–Trinajstić information content (AvgIpc) is 2.39. The number of rotatable bonds is 5. The standard InChI is InChI=1S/C15H20BrNO6/c1-15(2,3)23-14(21)17-10(13(19)20)6-8-5-9(16)7-11(22-4)12(8)18/h5,7,10,18H,6H2,1-4H3,(H,17,21)(H,19,20). The van der Waals surface area contributed by atoms with E-state index in [4.69, 9.17) is 9.47 Å². The molecule has 0 saturated carbocycles. The van der Waals surface area contributed by atoms with Gasteiger partial charge in [-0.2, -0.15) is 0 Å². The van der Waals surface area contributed by atoms with E-state index in [1.54, 1.807) is 32.9 Å². The number of carbonyl (C=O) groups excluding carboxylic acids is 1. The fourth-order valence-electron chi connectivity index (χ4n) is 1.81. The Morgan fingerprint density at radius 3 is 2.43 bits per heavy atom. The Kier molecular flexibility index (Phi) is 6.26. The SMILES string of the molecule is COc1cc(Br)cc(CC(NC(=O)OC(C)(C)C)C(=O)O)c1O. The van der Waals surface area contributed by atoms with Crippen molar-refractivity contribution in [2.24, 2.45) is 0 Å². The number of halogens is 1. The summed E-state index contributed by atoms with van der Waals surface area (Å²) in [6.07, 6.45) is -0.970. The van der Waals surface area contributed by atoms with E-state index in [0.717, 1.165) is 0 Å². The number of alkyl carbamates (subject to hydrolysis) is 1. The number of phenols is 1. The molecule has 0 aromatic heterocycles. The summed E-state index contributed by atoms with van der Waals surface area (Å²) in [5, 5.41) is 21.6. The summed E-state index contributed by atoms with van der Waals surface area (Å²) in [7, 11) is 1.39. The minimum Gasteiger partial charge on any atom is -0.504 e. The van der Waals surface area contributed by atoms with Crippen LogP contribution in [0.4, 0.5) is 4.79 Å². The molecule has 1 aromatic rings. The van der Waals surface area contributed by atoms with Gasteiger partial charge in [0.15, 0.2) is 11.5 Å². The lowest BCUT2D eigenvalue weighted by Gasteiger charge is -2.22. The van der Waals surface area contributed by atoms with Crippen molar-refractivity contribution in [1.29, 1.82) is 0 Å². The largest absolute Gasteiger partial charge is 0.504 e. The fourth-order valence-corrected chi connectivity index (χ4v) is 2.29. The molecule has 0 aliphatic rings. The summed E-state index contributed by atoms with van der Waals surface area (Å²) < 4.78 is 10.7. The second-order valence-electron chi connectivity index (χ2n) is 5.86. The van der Waals surface area contributed by atoms with E-state index in [1.807, 2.05) is 0 Å². The van der Waals surface area contributed by atoms with E-state index in [-0.39, 0.29) is 17.9 Å². The molecule has 0 heterocycles. The topological polar surface area (TPSA) is 105 Å². The van der Waals surface area contributed by atoms with Crippen molar-refractivity contribution < 1.29 is 29.3 Å². The van der Waals surface area contributed by atoms with Gasteiger partial charge in [-0.15, -0.1) is 0 Å². The molecule has 1 aromatic carbocycles. The van der Waals surface area contributed by atoms with E-state index >= 15 is 0 Å². The predicted octanol–water partition coefficient (Wildman–Crippen LogP) is 2.68. The maximum absolute atomic E-state index is 11.7. The minimum atomic E-state index is -1.25. The number of aliphatic carboxylic acids is 1. The first-order chi connectivity index (χ1) is 10.5. The summed E-state index contributed by atoms with van der Waals surface area (Å²) in [6.45, 7) is 5.02. The number of hydrogen-bond acceptors (Lipinski definition) is 5. The van der Waals surface area contributed by atoms with Crippen molar-refractivity contribution in [2.75, 3.05) is 7.11 Å². The van der Waals surface area contributed by atoms with Gasteiger partial charge in [0.05, 0.1) is 7.11 Å². The number of carbonyl (C=O) groups is 2. The van der Waals surface area contributed by atoms with Crippen LogP contribution in [0, 0.1) is 0 Å². The van der Waals surface area contributed by atoms with Gasteiger partial charge in [0.1, 0.15) is 11.6 Å². The molecule has 1 unspecified atom stereocenters. The Morgan fingerprint density at radius 2 is 1.96 bits per heavy atom. The van der Waals surface area contributed by atoms with Gasteiger partial charge in [0.25, 0.3) is 0 Å². The third kappa shape index (κ3) is 5.97. The number of carboxylic acids is 1. The molecule has 1 atom stereocenters. The monoisotopic (exact) mass is 389 g/mol. The van der Waals surface area contributed by atoms with Crippen molar-refractivity contribution >= 4 is 28.0 Å². The Hall–Kier alpha value is -1.96. The van der Waals surface area contributed by atoms with Crippen molar-refractivity contribution in [2.45, 2.75) is 38.8 Å². The number of hydrogen-bond donors (Lipinski definition) is 3. The molecule has 0 spiro atoms. The molecule has 0 radical (unpaired) electrons. The highest BCUT2D eigenvalue weighted by molar-refractivity contribution is 9.10. The minimum absolute atomic E-state index is 0.129. The smallest absolute Gasteiger partial charge is 0.408 e. The first kappa shape index (κ1) is 19.1. The molecule has 1 amide bonds. The van der Waals surface area contributed by atoms with E-state index < -0.39 is 23.7 Å². The summed E-state index contributed by atoms with van der Waals surface area (Å²) in [6, 6.07) is 1.86. The molecule has 23 heavy (non-hydrogen) atoms. The van der Waals surface area contributed by atoms with Crippen LogP contribution in [-0.2, 0) is 16.0 Å². The molecule has 3 N–H and O–H groups in total. The lowest BCUT2D eigenvalue weighted by atomic mass is 10.0. The highest BCUT2D eigenvalue weighted by Gasteiger charge is 2.26. The number of nitrogens with one attached hydrogen (secondary N) is 1. The van der Waals surface area contributed by atoms with Gasteiger partial charge in [-0.3, -0.25) is 0 Å². The number of benzene rings is 1. The summed E-state index contributed by atoms with van der Waals surface area (Å²) >= 11 is 3.25. The second kappa shape index (κ2) is 7.54. The number of carboxylic acid groups (broad SMARTS) is 1. The molecule has 0 saturated heterocycles. The lowest BCUT2D eigenvalue weighted by molar-refractivity contribution is -0.139. The van der Waals surface area contributed by atoms with Gasteiger partial charge in [0, 0.05) is 16.5 Å². The van der Waals surface area contributed by atoms with E-state index in [0.29, 0.717) is 10.0 Å². The molecule has 1 rings (SSSR count). The van der Waals surface area contributed by atoms with Gasteiger partial charge in [-0.05, 0) is 32.9 Å². The van der Waals surface area contributed by atoms with E-state index in [2.05, 4.69) is 21.2 Å². The van der Waals surface area contributed by atoms with Gasteiger partial charge in [-0.1, -0.05) is 15.9 Å². The first-order valence-corrected chi connectivity index (χ1v) is 7.60. The Morgan fingerprint density at radius 1 is 1.35 bits per heavy atom. The number of phenolic OH excluding ortho intramolecular Hbond substituents is 1. The molecule has 0 aliphatic heterocycles. The number of amides is 1. The maximum atomic E-state index is 11.7. The zero-order valence-corrected chi connectivity index (χ0v) is 14.9. The van der Waals surface area contributed by atoms with Crippen LogP contribution in [0.2, 0.25) is 0 Å². The van der Waals surface area contributed by atoms with E-state index in [1.165, 1.54) is 7.11 Å². The van der Waals surface area contributed by atoms with Gasteiger partial charge in [0.2, 0.25) is 0 Å². The molecule has 0 fully saturated rings. The number of aromatic hydroxyl groups is 1. The Labute approximate surface area is 142 Å². The van der Waals surface area contributed by atoms with Crippen LogP contribution in [0.15, 0.2) is 16.6 Å². The summed E-state index contributed by atoms with van der Waals surface area (Å²) in [5.74, 6) is -1.21. The molecule has 7 nitrogen and oxygen atoms in total. The highest BCUT2D eigenvalue weighted by Crippen LogP contribution is 2.34. The third-order valence-electron chi connectivity index (χ3n) is 2.75. The van der Waals surface area contributed by atoms with Crippen LogP contribution >= 0.6 is 15.9 Å². The van der Waals surface area contributed by atoms with Gasteiger partial charge >= 0.3 is 12.1 Å². The average molecular weight is 390 g/mol. The van der Waals surface area contributed by atoms with Crippen molar-refractivity contribution in [3.8, 4) is 11.5 Å².